The van der Waals surface area contributed by atoms with Crippen LogP contribution >= 0.6 is 0 Å². The van der Waals surface area contributed by atoms with Crippen molar-refractivity contribution in [1.29, 1.82) is 0 Å². The summed E-state index contributed by atoms with van der Waals surface area (Å²) in [7, 11) is 0. The van der Waals surface area contributed by atoms with Crippen molar-refractivity contribution in [2.24, 2.45) is 5.92 Å². The predicted molar refractivity (Wildman–Crippen MR) is 74.3 cm³/mol. The summed E-state index contributed by atoms with van der Waals surface area (Å²) in [5, 5.41) is 3.53. The van der Waals surface area contributed by atoms with E-state index in [0.29, 0.717) is 5.92 Å². The predicted octanol–water partition coefficient (Wildman–Crippen LogP) is 1.54. The van der Waals surface area contributed by atoms with Crippen LogP contribution in [0.1, 0.15) is 24.9 Å². The Hall–Kier alpha value is -1.59. The number of hydrogen-bond acceptors (Lipinski definition) is 3. The molecule has 5 heteroatoms. The topological polar surface area (TPSA) is 69.9 Å². The molecule has 0 radical (unpaired) electrons. The van der Waals surface area contributed by atoms with Gasteiger partial charge in [-0.2, -0.15) is 0 Å². The van der Waals surface area contributed by atoms with Gasteiger partial charge in [-0.3, -0.25) is 0 Å². The van der Waals surface area contributed by atoms with Crippen molar-refractivity contribution in [3.05, 3.63) is 34.2 Å². The first kappa shape index (κ1) is 12.4. The highest BCUT2D eigenvalue weighted by Crippen LogP contribution is 2.29. The van der Waals surface area contributed by atoms with Crippen LogP contribution in [0.25, 0.3) is 11.0 Å². The van der Waals surface area contributed by atoms with Gasteiger partial charge in [0.1, 0.15) is 0 Å². The molecular weight excluding hydrogens is 242 g/mol. The zero-order valence-electron chi connectivity index (χ0n) is 11.0. The largest absolute Gasteiger partial charge is 0.381 e. The standard InChI is InChI=1S/C14H19N3O2/c1-2-15-13(10-5-6-19-8-10)9-3-4-11-12(7-9)17-14(18)16-11/h3-4,7,10,13,15H,2,5-6,8H2,1H3,(H2,16,17,18). The van der Waals surface area contributed by atoms with Gasteiger partial charge in [0.25, 0.3) is 0 Å². The second kappa shape index (κ2) is 5.19. The second-order valence-electron chi connectivity index (χ2n) is 5.04. The van der Waals surface area contributed by atoms with Crippen molar-refractivity contribution >= 4 is 11.0 Å². The van der Waals surface area contributed by atoms with Crippen LogP contribution in [0.5, 0.6) is 0 Å². The van der Waals surface area contributed by atoms with Crippen molar-refractivity contribution in [2.45, 2.75) is 19.4 Å². The normalized spacial score (nSPS) is 21.0. The summed E-state index contributed by atoms with van der Waals surface area (Å²) in [4.78, 5) is 16.9. The minimum atomic E-state index is -0.156. The summed E-state index contributed by atoms with van der Waals surface area (Å²) in [5.74, 6) is 0.503. The molecule has 2 heterocycles. The summed E-state index contributed by atoms with van der Waals surface area (Å²) in [6, 6.07) is 6.38. The van der Waals surface area contributed by atoms with Crippen molar-refractivity contribution in [1.82, 2.24) is 15.3 Å². The van der Waals surface area contributed by atoms with E-state index >= 15 is 0 Å². The number of aromatic nitrogens is 2. The lowest BCUT2D eigenvalue weighted by atomic mass is 9.92. The van der Waals surface area contributed by atoms with Gasteiger partial charge < -0.3 is 20.0 Å². The van der Waals surface area contributed by atoms with E-state index in [4.69, 9.17) is 4.74 Å². The number of rotatable bonds is 4. The molecule has 1 aromatic heterocycles. The van der Waals surface area contributed by atoms with Crippen LogP contribution in [0, 0.1) is 5.92 Å². The molecule has 0 aliphatic carbocycles. The minimum absolute atomic E-state index is 0.156. The van der Waals surface area contributed by atoms with Gasteiger partial charge in [-0.05, 0) is 30.7 Å². The molecule has 1 aromatic carbocycles. The maximum absolute atomic E-state index is 11.3. The minimum Gasteiger partial charge on any atom is -0.381 e. The molecule has 1 saturated heterocycles. The van der Waals surface area contributed by atoms with Crippen molar-refractivity contribution in [2.75, 3.05) is 19.8 Å². The van der Waals surface area contributed by atoms with E-state index < -0.39 is 0 Å². The monoisotopic (exact) mass is 261 g/mol. The van der Waals surface area contributed by atoms with Gasteiger partial charge in [0.2, 0.25) is 0 Å². The Bertz CT molecular complexity index is 610. The van der Waals surface area contributed by atoms with Crippen LogP contribution in [-0.4, -0.2) is 29.7 Å². The molecule has 3 N–H and O–H groups in total. The summed E-state index contributed by atoms with van der Waals surface area (Å²) < 4.78 is 5.49. The van der Waals surface area contributed by atoms with Gasteiger partial charge in [-0.25, -0.2) is 4.79 Å². The summed E-state index contributed by atoms with van der Waals surface area (Å²) in [5.41, 5.74) is 2.77. The Kier molecular flexibility index (Phi) is 3.40. The third-order valence-corrected chi connectivity index (χ3v) is 3.76. The number of fused-ring (bicyclic) bond motifs is 1. The average Bonchev–Trinajstić information content (AvgIpc) is 3.02. The van der Waals surface area contributed by atoms with Gasteiger partial charge in [0.05, 0.1) is 17.6 Å². The van der Waals surface area contributed by atoms with E-state index in [9.17, 15) is 4.79 Å². The lowest BCUT2D eigenvalue weighted by Crippen LogP contribution is -2.28. The Morgan fingerprint density at radius 2 is 2.26 bits per heavy atom. The number of imidazole rings is 1. The Morgan fingerprint density at radius 3 is 3.00 bits per heavy atom. The Labute approximate surface area is 111 Å². The number of benzene rings is 1. The molecule has 102 valence electrons. The average molecular weight is 261 g/mol. The van der Waals surface area contributed by atoms with Gasteiger partial charge >= 0.3 is 5.69 Å². The molecule has 0 saturated carbocycles. The van der Waals surface area contributed by atoms with Crippen LogP contribution < -0.4 is 11.0 Å². The molecule has 1 aliphatic heterocycles. The quantitative estimate of drug-likeness (QED) is 0.782. The molecular formula is C14H19N3O2. The molecule has 1 fully saturated rings. The first-order valence-electron chi connectivity index (χ1n) is 6.81. The fourth-order valence-corrected chi connectivity index (χ4v) is 2.84. The highest BCUT2D eigenvalue weighted by Gasteiger charge is 2.26. The van der Waals surface area contributed by atoms with Crippen molar-refractivity contribution in [3.63, 3.8) is 0 Å². The maximum Gasteiger partial charge on any atom is 0.323 e. The van der Waals surface area contributed by atoms with Crippen LogP contribution in [0.15, 0.2) is 23.0 Å². The van der Waals surface area contributed by atoms with Gasteiger partial charge in [0.15, 0.2) is 0 Å². The Balaban J connectivity index is 1.96. The van der Waals surface area contributed by atoms with Gasteiger partial charge in [0, 0.05) is 18.6 Å². The van der Waals surface area contributed by atoms with Crippen LogP contribution in [0.4, 0.5) is 0 Å². The number of nitrogens with one attached hydrogen (secondary N) is 3. The summed E-state index contributed by atoms with van der Waals surface area (Å²) in [6.07, 6.45) is 1.08. The molecule has 2 atom stereocenters. The highest BCUT2D eigenvalue weighted by atomic mass is 16.5. The van der Waals surface area contributed by atoms with Crippen molar-refractivity contribution < 1.29 is 4.74 Å². The van der Waals surface area contributed by atoms with E-state index in [0.717, 1.165) is 37.2 Å². The van der Waals surface area contributed by atoms with Gasteiger partial charge in [-0.15, -0.1) is 0 Å². The second-order valence-corrected chi connectivity index (χ2v) is 5.04. The summed E-state index contributed by atoms with van der Waals surface area (Å²) >= 11 is 0. The third-order valence-electron chi connectivity index (χ3n) is 3.76. The fraction of sp³-hybridized carbons (Fsp3) is 0.500. The van der Waals surface area contributed by atoms with Crippen molar-refractivity contribution in [3.8, 4) is 0 Å². The van der Waals surface area contributed by atoms with Crippen LogP contribution in [0.3, 0.4) is 0 Å². The SMILES string of the molecule is CCNC(c1ccc2[nH]c(=O)[nH]c2c1)C1CCOC1. The molecule has 0 amide bonds. The zero-order chi connectivity index (χ0) is 13.2. The maximum atomic E-state index is 11.3. The fourth-order valence-electron chi connectivity index (χ4n) is 2.84. The molecule has 5 nitrogen and oxygen atoms in total. The molecule has 0 spiro atoms. The highest BCUT2D eigenvalue weighted by molar-refractivity contribution is 5.75. The lowest BCUT2D eigenvalue weighted by molar-refractivity contribution is 0.177. The van der Waals surface area contributed by atoms with E-state index in [1.165, 1.54) is 5.56 Å². The van der Waals surface area contributed by atoms with Gasteiger partial charge in [-0.1, -0.05) is 13.0 Å². The first-order valence-corrected chi connectivity index (χ1v) is 6.81. The lowest BCUT2D eigenvalue weighted by Gasteiger charge is -2.23. The van der Waals surface area contributed by atoms with Crippen LogP contribution in [-0.2, 0) is 4.74 Å². The molecule has 2 unspecified atom stereocenters. The number of aromatic amines is 2. The molecule has 3 rings (SSSR count). The zero-order valence-corrected chi connectivity index (χ0v) is 11.0. The first-order chi connectivity index (χ1) is 9.28. The van der Waals surface area contributed by atoms with E-state index in [1.54, 1.807) is 0 Å². The van der Waals surface area contributed by atoms with E-state index in [-0.39, 0.29) is 11.7 Å². The summed E-state index contributed by atoms with van der Waals surface area (Å²) in [6.45, 7) is 4.68. The number of hydrogen-bond donors (Lipinski definition) is 3. The van der Waals surface area contributed by atoms with E-state index in [1.807, 2.05) is 6.07 Å². The van der Waals surface area contributed by atoms with Crippen LogP contribution in [0.2, 0.25) is 0 Å². The third kappa shape index (κ3) is 2.43. The molecule has 1 aliphatic rings. The number of ether oxygens (including phenoxy) is 1. The Morgan fingerprint density at radius 1 is 1.42 bits per heavy atom. The molecule has 19 heavy (non-hydrogen) atoms. The smallest absolute Gasteiger partial charge is 0.323 e. The number of H-pyrrole nitrogens is 2. The molecule has 2 aromatic rings. The molecule has 0 bridgehead atoms. The van der Waals surface area contributed by atoms with E-state index in [2.05, 4.69) is 34.3 Å².